The molecule has 2 heterocycles. The fourth-order valence-electron chi connectivity index (χ4n) is 5.11. The summed E-state index contributed by atoms with van der Waals surface area (Å²) in [5.74, 6) is 1.46. The van der Waals surface area contributed by atoms with Crippen LogP contribution in [0.5, 0.6) is 0 Å². The van der Waals surface area contributed by atoms with E-state index in [1.54, 1.807) is 17.7 Å². The van der Waals surface area contributed by atoms with Crippen LogP contribution in [0, 0.1) is 18.3 Å². The summed E-state index contributed by atoms with van der Waals surface area (Å²) in [5, 5.41) is 0.608. The van der Waals surface area contributed by atoms with Gasteiger partial charge in [0.25, 0.3) is 5.56 Å². The smallest absolute Gasteiger partial charge is 0.264 e. The number of nitrogens with zero attached hydrogens (tertiary/aromatic N) is 3. The molecule has 0 amide bonds. The highest BCUT2D eigenvalue weighted by atomic mass is 35.5. The van der Waals surface area contributed by atoms with Gasteiger partial charge >= 0.3 is 0 Å². The minimum absolute atomic E-state index is 0.154. The summed E-state index contributed by atoms with van der Waals surface area (Å²) in [5.41, 5.74) is 14.9. The van der Waals surface area contributed by atoms with Crippen LogP contribution in [0.3, 0.4) is 0 Å². The van der Waals surface area contributed by atoms with E-state index in [4.69, 9.17) is 23.1 Å². The number of aromatic nitrogens is 2. The second-order valence-corrected chi connectivity index (χ2v) is 9.30. The van der Waals surface area contributed by atoms with Gasteiger partial charge in [0.15, 0.2) is 0 Å². The van der Waals surface area contributed by atoms with Gasteiger partial charge in [-0.3, -0.25) is 9.36 Å². The molecule has 2 aromatic rings. The molecular formula is C22H30ClN5O. The maximum Gasteiger partial charge on any atom is 0.264 e. The van der Waals surface area contributed by atoms with Gasteiger partial charge in [0.2, 0.25) is 5.95 Å². The van der Waals surface area contributed by atoms with E-state index in [0.717, 1.165) is 31.5 Å². The predicted octanol–water partition coefficient (Wildman–Crippen LogP) is 3.34. The van der Waals surface area contributed by atoms with Crippen molar-refractivity contribution < 1.29 is 0 Å². The molecule has 4 rings (SSSR count). The SMILES string of the molecule is Cc1ccc(-c2c(N)nc(N3CCC4(CC[C@@H](C)[C@H]4N)CC3)n(C)c2=O)cc1Cl. The normalized spacial score (nSPS) is 23.7. The average Bonchev–Trinajstić information content (AvgIpc) is 2.97. The van der Waals surface area contributed by atoms with Crippen molar-refractivity contribution in [1.82, 2.24) is 9.55 Å². The zero-order valence-corrected chi connectivity index (χ0v) is 18.2. The molecule has 1 saturated carbocycles. The first-order chi connectivity index (χ1) is 13.7. The van der Waals surface area contributed by atoms with Gasteiger partial charge in [0.05, 0.1) is 5.56 Å². The summed E-state index contributed by atoms with van der Waals surface area (Å²) in [6.45, 7) is 5.87. The van der Waals surface area contributed by atoms with Crippen LogP contribution in [0.25, 0.3) is 11.1 Å². The lowest BCUT2D eigenvalue weighted by atomic mass is 9.73. The molecule has 1 aliphatic carbocycles. The number of hydrogen-bond acceptors (Lipinski definition) is 5. The molecular weight excluding hydrogens is 386 g/mol. The van der Waals surface area contributed by atoms with E-state index in [1.807, 2.05) is 19.1 Å². The zero-order chi connectivity index (χ0) is 20.9. The topological polar surface area (TPSA) is 90.2 Å². The molecule has 1 spiro atoms. The van der Waals surface area contributed by atoms with E-state index in [1.165, 1.54) is 12.8 Å². The summed E-state index contributed by atoms with van der Waals surface area (Å²) in [7, 11) is 1.76. The first-order valence-electron chi connectivity index (χ1n) is 10.4. The summed E-state index contributed by atoms with van der Waals surface area (Å²) < 4.78 is 1.61. The van der Waals surface area contributed by atoms with Crippen LogP contribution in [0.4, 0.5) is 11.8 Å². The Morgan fingerprint density at radius 3 is 2.52 bits per heavy atom. The van der Waals surface area contributed by atoms with E-state index < -0.39 is 0 Å². The van der Waals surface area contributed by atoms with Gasteiger partial charge in [-0.15, -0.1) is 0 Å². The molecule has 1 aliphatic heterocycles. The Kier molecular flexibility index (Phi) is 5.11. The third kappa shape index (κ3) is 3.32. The summed E-state index contributed by atoms with van der Waals surface area (Å²) in [6.07, 6.45) is 4.47. The van der Waals surface area contributed by atoms with Gasteiger partial charge in [0, 0.05) is 31.2 Å². The van der Waals surface area contributed by atoms with E-state index in [-0.39, 0.29) is 22.8 Å². The van der Waals surface area contributed by atoms with Crippen LogP contribution in [0.15, 0.2) is 23.0 Å². The molecule has 0 radical (unpaired) electrons. The minimum atomic E-state index is -0.154. The quantitative estimate of drug-likeness (QED) is 0.785. The molecule has 156 valence electrons. The van der Waals surface area contributed by atoms with Gasteiger partial charge < -0.3 is 16.4 Å². The minimum Gasteiger partial charge on any atom is -0.383 e. The van der Waals surface area contributed by atoms with Crippen LogP contribution < -0.4 is 21.9 Å². The standard InChI is InChI=1S/C22H30ClN5O/c1-13-4-5-15(12-16(13)23)17-19(25)26-21(27(3)20(17)29)28-10-8-22(9-11-28)7-6-14(2)18(22)24/h4-5,12,14,18H,6-11,24-25H2,1-3H3/t14-,18-/m1/s1. The van der Waals surface area contributed by atoms with E-state index in [0.29, 0.717) is 28.0 Å². The van der Waals surface area contributed by atoms with Crippen molar-refractivity contribution in [2.45, 2.75) is 45.6 Å². The molecule has 0 unspecified atom stereocenters. The molecule has 2 atom stereocenters. The Labute approximate surface area is 176 Å². The monoisotopic (exact) mass is 415 g/mol. The molecule has 1 aromatic carbocycles. The Balaban J connectivity index is 1.63. The second-order valence-electron chi connectivity index (χ2n) is 8.89. The lowest BCUT2D eigenvalue weighted by molar-refractivity contribution is 0.185. The number of hydrogen-bond donors (Lipinski definition) is 2. The molecule has 29 heavy (non-hydrogen) atoms. The number of rotatable bonds is 2. The number of nitrogens with two attached hydrogens (primary N) is 2. The van der Waals surface area contributed by atoms with Crippen LogP contribution in [0.1, 0.15) is 38.2 Å². The summed E-state index contributed by atoms with van der Waals surface area (Å²) in [4.78, 5) is 19.9. The molecule has 6 nitrogen and oxygen atoms in total. The predicted molar refractivity (Wildman–Crippen MR) is 119 cm³/mol. The maximum atomic E-state index is 13.1. The molecule has 1 aromatic heterocycles. The number of anilines is 2. The summed E-state index contributed by atoms with van der Waals surface area (Å²) in [6, 6.07) is 5.79. The number of halogens is 1. The van der Waals surface area contributed by atoms with Crippen LogP contribution >= 0.6 is 11.6 Å². The largest absolute Gasteiger partial charge is 0.383 e. The van der Waals surface area contributed by atoms with Crippen molar-refractivity contribution in [2.75, 3.05) is 23.7 Å². The van der Waals surface area contributed by atoms with E-state index in [9.17, 15) is 4.79 Å². The third-order valence-corrected chi connectivity index (χ3v) is 7.62. The molecule has 2 aliphatic rings. The first kappa shape index (κ1) is 20.2. The van der Waals surface area contributed by atoms with Gasteiger partial charge in [0.1, 0.15) is 5.82 Å². The third-order valence-electron chi connectivity index (χ3n) is 7.22. The van der Waals surface area contributed by atoms with Crippen molar-refractivity contribution in [3.05, 3.63) is 39.1 Å². The van der Waals surface area contributed by atoms with E-state index >= 15 is 0 Å². The number of nitrogen functional groups attached to an aromatic ring is 1. The molecule has 2 fully saturated rings. The molecule has 4 N–H and O–H groups in total. The Morgan fingerprint density at radius 1 is 1.24 bits per heavy atom. The molecule has 0 bridgehead atoms. The fraction of sp³-hybridized carbons (Fsp3) is 0.545. The highest BCUT2D eigenvalue weighted by Crippen LogP contribution is 2.48. The van der Waals surface area contributed by atoms with Gasteiger partial charge in [-0.1, -0.05) is 30.7 Å². The van der Waals surface area contributed by atoms with Crippen LogP contribution in [-0.2, 0) is 7.05 Å². The number of piperidine rings is 1. The Bertz CT molecular complexity index is 993. The van der Waals surface area contributed by atoms with Gasteiger partial charge in [-0.2, -0.15) is 4.98 Å². The second kappa shape index (κ2) is 7.33. The zero-order valence-electron chi connectivity index (χ0n) is 17.4. The highest BCUT2D eigenvalue weighted by molar-refractivity contribution is 6.31. The van der Waals surface area contributed by atoms with E-state index in [2.05, 4.69) is 16.8 Å². The van der Waals surface area contributed by atoms with Crippen molar-refractivity contribution in [3.63, 3.8) is 0 Å². The Hall–Kier alpha value is -2.05. The van der Waals surface area contributed by atoms with Crippen LogP contribution in [-0.4, -0.2) is 28.7 Å². The summed E-state index contributed by atoms with van der Waals surface area (Å²) >= 11 is 6.25. The van der Waals surface area contributed by atoms with Crippen molar-refractivity contribution in [1.29, 1.82) is 0 Å². The van der Waals surface area contributed by atoms with Crippen molar-refractivity contribution in [2.24, 2.45) is 24.1 Å². The lowest BCUT2D eigenvalue weighted by Crippen LogP contribution is -2.49. The lowest BCUT2D eigenvalue weighted by Gasteiger charge is -2.43. The average molecular weight is 416 g/mol. The van der Waals surface area contributed by atoms with Crippen LogP contribution in [0.2, 0.25) is 5.02 Å². The van der Waals surface area contributed by atoms with Gasteiger partial charge in [-0.25, -0.2) is 0 Å². The number of benzene rings is 1. The van der Waals surface area contributed by atoms with Crippen molar-refractivity contribution >= 4 is 23.4 Å². The number of aryl methyl sites for hydroxylation is 1. The molecule has 1 saturated heterocycles. The maximum absolute atomic E-state index is 13.1. The highest BCUT2D eigenvalue weighted by Gasteiger charge is 2.46. The first-order valence-corrected chi connectivity index (χ1v) is 10.7. The van der Waals surface area contributed by atoms with Gasteiger partial charge in [-0.05, 0) is 61.1 Å². The molecule has 7 heteroatoms. The fourth-order valence-corrected chi connectivity index (χ4v) is 5.29. The Morgan fingerprint density at radius 2 is 1.93 bits per heavy atom. The van der Waals surface area contributed by atoms with Crippen molar-refractivity contribution in [3.8, 4) is 11.1 Å².